The summed E-state index contributed by atoms with van der Waals surface area (Å²) in [6.07, 6.45) is 1.62. The molecule has 0 saturated heterocycles. The molecule has 0 amide bonds. The summed E-state index contributed by atoms with van der Waals surface area (Å²) in [4.78, 5) is 9.84. The fourth-order valence-electron chi connectivity index (χ4n) is 2.39. The van der Waals surface area contributed by atoms with Crippen molar-refractivity contribution in [3.63, 3.8) is 0 Å². The van der Waals surface area contributed by atoms with Gasteiger partial charge in [0.05, 0.1) is 26.2 Å². The van der Waals surface area contributed by atoms with Gasteiger partial charge >= 0.3 is 0 Å². The first kappa shape index (κ1) is 17.0. The lowest BCUT2D eigenvalue weighted by Crippen LogP contribution is -1.94. The molecule has 3 rings (SSSR count). The van der Waals surface area contributed by atoms with Crippen LogP contribution in [0.3, 0.4) is 0 Å². The van der Waals surface area contributed by atoms with Crippen molar-refractivity contribution in [3.8, 4) is 22.6 Å². The predicted molar refractivity (Wildman–Crippen MR) is 98.6 cm³/mol. The molecule has 0 aliphatic rings. The van der Waals surface area contributed by atoms with E-state index in [0.717, 1.165) is 32.1 Å². The van der Waals surface area contributed by atoms with Gasteiger partial charge in [-0.3, -0.25) is 0 Å². The Labute approximate surface area is 149 Å². The molecule has 0 aliphatic heterocycles. The Morgan fingerprint density at radius 1 is 1.08 bits per heavy atom. The lowest BCUT2D eigenvalue weighted by Gasteiger charge is -2.10. The number of fused-ring (bicyclic) bond motifs is 1. The molecule has 7 heteroatoms. The van der Waals surface area contributed by atoms with E-state index in [-0.39, 0.29) is 0 Å². The van der Waals surface area contributed by atoms with Gasteiger partial charge in [-0.25, -0.2) is 9.97 Å². The normalized spacial score (nSPS) is 11.0. The van der Waals surface area contributed by atoms with Crippen LogP contribution >= 0.6 is 23.1 Å². The smallest absolute Gasteiger partial charge is 0.161 e. The van der Waals surface area contributed by atoms with Gasteiger partial charge in [-0.2, -0.15) is 0 Å². The lowest BCUT2D eigenvalue weighted by molar-refractivity contribution is 0.218. The van der Waals surface area contributed by atoms with Crippen molar-refractivity contribution in [1.29, 1.82) is 0 Å². The summed E-state index contributed by atoms with van der Waals surface area (Å²) in [5, 5.41) is 4.17. The second kappa shape index (κ2) is 7.83. The van der Waals surface area contributed by atoms with E-state index < -0.39 is 0 Å². The number of thiophene rings is 1. The molecular weight excluding hydrogens is 344 g/mol. The number of aromatic nitrogens is 2. The first-order valence-corrected chi connectivity index (χ1v) is 9.21. The van der Waals surface area contributed by atoms with Crippen LogP contribution in [0.1, 0.15) is 0 Å². The molecule has 0 atom stereocenters. The van der Waals surface area contributed by atoms with Crippen molar-refractivity contribution in [2.24, 2.45) is 0 Å². The van der Waals surface area contributed by atoms with Gasteiger partial charge in [0.15, 0.2) is 11.5 Å². The van der Waals surface area contributed by atoms with Gasteiger partial charge in [-0.05, 0) is 17.7 Å². The number of ether oxygens (including phenoxy) is 3. The zero-order valence-electron chi connectivity index (χ0n) is 13.7. The van der Waals surface area contributed by atoms with Gasteiger partial charge in [0.1, 0.15) is 16.2 Å². The standard InChI is InChI=1S/C17H18N2O3S2/c1-20-6-7-23-16-15-12(9-24-17(15)19-10-18-16)11-4-5-13(21-2)14(8-11)22-3/h4-5,8-10H,6-7H2,1-3H3. The predicted octanol–water partition coefficient (Wildman–Crippen LogP) is 4.11. The first-order valence-electron chi connectivity index (χ1n) is 7.34. The molecule has 5 nitrogen and oxygen atoms in total. The van der Waals surface area contributed by atoms with Crippen molar-refractivity contribution < 1.29 is 14.2 Å². The highest BCUT2D eigenvalue weighted by Gasteiger charge is 2.15. The monoisotopic (exact) mass is 362 g/mol. The van der Waals surface area contributed by atoms with E-state index in [1.54, 1.807) is 50.8 Å². The number of rotatable bonds is 7. The Hall–Kier alpha value is -1.83. The van der Waals surface area contributed by atoms with Crippen LogP contribution in [0, 0.1) is 0 Å². The van der Waals surface area contributed by atoms with Gasteiger partial charge in [0, 0.05) is 23.8 Å². The van der Waals surface area contributed by atoms with Crippen LogP contribution in [0.2, 0.25) is 0 Å². The largest absolute Gasteiger partial charge is 0.493 e. The summed E-state index contributed by atoms with van der Waals surface area (Å²) in [6.45, 7) is 0.687. The van der Waals surface area contributed by atoms with Gasteiger partial charge in [0.25, 0.3) is 0 Å². The van der Waals surface area contributed by atoms with Crippen molar-refractivity contribution in [2.75, 3.05) is 33.7 Å². The Morgan fingerprint density at radius 3 is 2.67 bits per heavy atom. The van der Waals surface area contributed by atoms with Crippen LogP contribution in [0.25, 0.3) is 21.3 Å². The molecule has 3 aromatic rings. The minimum Gasteiger partial charge on any atom is -0.493 e. The third-order valence-electron chi connectivity index (χ3n) is 3.56. The minimum atomic E-state index is 0.687. The highest BCUT2D eigenvalue weighted by Crippen LogP contribution is 2.40. The van der Waals surface area contributed by atoms with Crippen LogP contribution in [-0.2, 0) is 4.74 Å². The van der Waals surface area contributed by atoms with Gasteiger partial charge < -0.3 is 14.2 Å². The molecule has 0 radical (unpaired) electrons. The highest BCUT2D eigenvalue weighted by molar-refractivity contribution is 7.99. The van der Waals surface area contributed by atoms with E-state index in [1.165, 1.54) is 0 Å². The quantitative estimate of drug-likeness (QED) is 0.358. The number of hydrogen-bond acceptors (Lipinski definition) is 7. The van der Waals surface area contributed by atoms with Gasteiger partial charge in [0.2, 0.25) is 0 Å². The van der Waals surface area contributed by atoms with E-state index in [4.69, 9.17) is 14.2 Å². The average Bonchev–Trinajstić information content (AvgIpc) is 3.06. The van der Waals surface area contributed by atoms with E-state index in [2.05, 4.69) is 15.3 Å². The zero-order chi connectivity index (χ0) is 16.9. The number of thioether (sulfide) groups is 1. The Kier molecular flexibility index (Phi) is 5.55. The number of benzene rings is 1. The van der Waals surface area contributed by atoms with Crippen LogP contribution in [0.15, 0.2) is 34.9 Å². The van der Waals surface area contributed by atoms with Crippen LogP contribution in [0.5, 0.6) is 11.5 Å². The summed E-state index contributed by atoms with van der Waals surface area (Å²) in [5.74, 6) is 2.27. The number of hydrogen-bond donors (Lipinski definition) is 0. The van der Waals surface area contributed by atoms with Gasteiger partial charge in [-0.15, -0.1) is 23.1 Å². The summed E-state index contributed by atoms with van der Waals surface area (Å²) >= 11 is 3.30. The fourth-order valence-corrected chi connectivity index (χ4v) is 4.29. The molecule has 1 aromatic carbocycles. The third-order valence-corrected chi connectivity index (χ3v) is 5.40. The van der Waals surface area contributed by atoms with Crippen LogP contribution in [-0.4, -0.2) is 43.7 Å². The topological polar surface area (TPSA) is 53.5 Å². The first-order chi connectivity index (χ1) is 11.8. The molecule has 0 spiro atoms. The summed E-state index contributed by atoms with van der Waals surface area (Å²) in [6, 6.07) is 5.93. The molecule has 0 N–H and O–H groups in total. The highest BCUT2D eigenvalue weighted by atomic mass is 32.2. The molecule has 2 aromatic heterocycles. The van der Waals surface area contributed by atoms with Crippen LogP contribution < -0.4 is 9.47 Å². The summed E-state index contributed by atoms with van der Waals surface area (Å²) in [7, 11) is 4.98. The van der Waals surface area contributed by atoms with Crippen molar-refractivity contribution >= 4 is 33.3 Å². The Bertz CT molecular complexity index is 836. The van der Waals surface area contributed by atoms with Gasteiger partial charge in [-0.1, -0.05) is 6.07 Å². The SMILES string of the molecule is COCCSc1ncnc2scc(-c3ccc(OC)c(OC)c3)c12. The maximum Gasteiger partial charge on any atom is 0.161 e. The molecule has 24 heavy (non-hydrogen) atoms. The summed E-state index contributed by atoms with van der Waals surface area (Å²) < 4.78 is 15.9. The second-order valence-electron chi connectivity index (χ2n) is 4.92. The molecule has 0 fully saturated rings. The summed E-state index contributed by atoms with van der Waals surface area (Å²) in [5.41, 5.74) is 2.17. The molecular formula is C17H18N2O3S2. The molecule has 0 aliphatic carbocycles. The van der Waals surface area contributed by atoms with E-state index in [1.807, 2.05) is 18.2 Å². The average molecular weight is 362 g/mol. The molecule has 0 unspecified atom stereocenters. The molecule has 126 valence electrons. The Balaban J connectivity index is 2.06. The van der Waals surface area contributed by atoms with Crippen LogP contribution in [0.4, 0.5) is 0 Å². The molecule has 0 bridgehead atoms. The minimum absolute atomic E-state index is 0.687. The van der Waals surface area contributed by atoms with E-state index in [0.29, 0.717) is 18.1 Å². The Morgan fingerprint density at radius 2 is 1.92 bits per heavy atom. The maximum atomic E-state index is 5.42. The second-order valence-corrected chi connectivity index (χ2v) is 6.86. The van der Waals surface area contributed by atoms with E-state index >= 15 is 0 Å². The third kappa shape index (κ3) is 3.33. The molecule has 2 heterocycles. The van der Waals surface area contributed by atoms with Crippen molar-refractivity contribution in [3.05, 3.63) is 29.9 Å². The van der Waals surface area contributed by atoms with Crippen molar-refractivity contribution in [2.45, 2.75) is 5.03 Å². The fraction of sp³-hybridized carbons (Fsp3) is 0.294. The number of methoxy groups -OCH3 is 3. The zero-order valence-corrected chi connectivity index (χ0v) is 15.4. The molecule has 0 saturated carbocycles. The van der Waals surface area contributed by atoms with E-state index in [9.17, 15) is 0 Å². The van der Waals surface area contributed by atoms with Crippen molar-refractivity contribution in [1.82, 2.24) is 9.97 Å². The number of nitrogens with zero attached hydrogens (tertiary/aromatic N) is 2. The maximum absolute atomic E-state index is 5.42. The lowest BCUT2D eigenvalue weighted by atomic mass is 10.1.